The summed E-state index contributed by atoms with van der Waals surface area (Å²) in [7, 11) is 0. The van der Waals surface area contributed by atoms with Crippen molar-refractivity contribution in [1.29, 1.82) is 0 Å². The Balaban J connectivity index is 2.71. The summed E-state index contributed by atoms with van der Waals surface area (Å²) >= 11 is 3.35. The molecule has 0 bridgehead atoms. The Morgan fingerprint density at radius 2 is 2.36 bits per heavy atom. The molecule has 3 heteroatoms. The second kappa shape index (κ2) is 4.13. The molecule has 0 amide bonds. The van der Waals surface area contributed by atoms with Crippen molar-refractivity contribution in [3.8, 4) is 0 Å². The maximum absolute atomic E-state index is 8.15. The van der Waals surface area contributed by atoms with Crippen LogP contribution >= 0.6 is 15.9 Å². The lowest BCUT2D eigenvalue weighted by Gasteiger charge is -1.94. The van der Waals surface area contributed by atoms with Crippen molar-refractivity contribution in [2.45, 2.75) is 6.42 Å². The highest BCUT2D eigenvalue weighted by atomic mass is 79.9. The highest BCUT2D eigenvalue weighted by Gasteiger charge is 1.90. The highest BCUT2D eigenvalue weighted by Crippen LogP contribution is 2.11. The summed E-state index contributed by atoms with van der Waals surface area (Å²) in [5.74, 6) is 0. The number of rotatable bonds is 2. The summed E-state index contributed by atoms with van der Waals surface area (Å²) in [5, 5.41) is 11.1. The molecule has 0 saturated heterocycles. The fraction of sp³-hybridized carbons (Fsp3) is 0.125. The lowest BCUT2D eigenvalue weighted by molar-refractivity contribution is 0.321. The van der Waals surface area contributed by atoms with Gasteiger partial charge in [0.1, 0.15) is 0 Å². The smallest absolute Gasteiger partial charge is 0.0479 e. The van der Waals surface area contributed by atoms with Crippen molar-refractivity contribution in [2.24, 2.45) is 5.16 Å². The molecule has 2 nitrogen and oxygen atoms in total. The van der Waals surface area contributed by atoms with Crippen LogP contribution in [0.2, 0.25) is 0 Å². The predicted molar refractivity (Wildman–Crippen MR) is 48.1 cm³/mol. The van der Waals surface area contributed by atoms with E-state index in [1.807, 2.05) is 24.3 Å². The average molecular weight is 214 g/mol. The first-order valence-electron chi connectivity index (χ1n) is 3.23. The van der Waals surface area contributed by atoms with E-state index in [0.717, 1.165) is 10.0 Å². The average Bonchev–Trinajstić information content (AvgIpc) is 2.01. The zero-order valence-corrected chi connectivity index (χ0v) is 7.45. The number of hydrogen-bond acceptors (Lipinski definition) is 2. The standard InChI is InChI=1S/C8H8BrNO/c9-8-3-1-2-7(6-8)4-5-10-11/h1-3,5-6,11H,4H2. The molecule has 1 aromatic rings. The van der Waals surface area contributed by atoms with Gasteiger partial charge in [0.2, 0.25) is 0 Å². The first-order valence-corrected chi connectivity index (χ1v) is 4.02. The van der Waals surface area contributed by atoms with Crippen LogP contribution in [0.1, 0.15) is 5.56 Å². The van der Waals surface area contributed by atoms with Gasteiger partial charge in [-0.1, -0.05) is 28.1 Å². The molecule has 0 aliphatic carbocycles. The summed E-state index contributed by atoms with van der Waals surface area (Å²) in [5.41, 5.74) is 1.12. The zero-order valence-electron chi connectivity index (χ0n) is 5.87. The molecule has 58 valence electrons. The third-order valence-corrected chi connectivity index (χ3v) is 1.79. The van der Waals surface area contributed by atoms with Gasteiger partial charge in [-0.15, -0.1) is 5.16 Å². The topological polar surface area (TPSA) is 32.6 Å². The second-order valence-electron chi connectivity index (χ2n) is 2.13. The molecule has 0 saturated carbocycles. The van der Waals surface area contributed by atoms with Crippen molar-refractivity contribution in [3.05, 3.63) is 34.3 Å². The molecule has 0 radical (unpaired) electrons. The lowest BCUT2D eigenvalue weighted by Crippen LogP contribution is -1.84. The Morgan fingerprint density at radius 1 is 1.55 bits per heavy atom. The third-order valence-electron chi connectivity index (χ3n) is 1.30. The molecule has 1 aromatic carbocycles. The first-order chi connectivity index (χ1) is 5.33. The maximum Gasteiger partial charge on any atom is 0.0479 e. The van der Waals surface area contributed by atoms with Crippen LogP contribution in [0.3, 0.4) is 0 Å². The minimum atomic E-state index is 0.663. The van der Waals surface area contributed by atoms with Crippen LogP contribution in [0.5, 0.6) is 0 Å². The molecule has 0 aromatic heterocycles. The Labute approximate surface area is 73.7 Å². The van der Waals surface area contributed by atoms with E-state index in [0.29, 0.717) is 6.42 Å². The molecule has 11 heavy (non-hydrogen) atoms. The SMILES string of the molecule is ON=CCc1cccc(Br)c1. The fourth-order valence-electron chi connectivity index (χ4n) is 0.810. The van der Waals surface area contributed by atoms with Crippen molar-refractivity contribution < 1.29 is 5.21 Å². The highest BCUT2D eigenvalue weighted by molar-refractivity contribution is 9.10. The molecular formula is C8H8BrNO. The molecule has 0 aliphatic rings. The Hall–Kier alpha value is -0.830. The Kier molecular flexibility index (Phi) is 3.11. The molecule has 0 atom stereocenters. The van der Waals surface area contributed by atoms with Crippen molar-refractivity contribution in [1.82, 2.24) is 0 Å². The quantitative estimate of drug-likeness (QED) is 0.457. The van der Waals surface area contributed by atoms with Crippen LogP contribution in [0.4, 0.5) is 0 Å². The molecule has 0 fully saturated rings. The van der Waals surface area contributed by atoms with E-state index >= 15 is 0 Å². The van der Waals surface area contributed by atoms with E-state index in [4.69, 9.17) is 5.21 Å². The Morgan fingerprint density at radius 3 is 3.00 bits per heavy atom. The lowest BCUT2D eigenvalue weighted by atomic mass is 10.2. The van der Waals surface area contributed by atoms with Crippen molar-refractivity contribution in [2.75, 3.05) is 0 Å². The number of hydrogen-bond donors (Lipinski definition) is 1. The van der Waals surface area contributed by atoms with Crippen LogP contribution in [-0.4, -0.2) is 11.4 Å². The van der Waals surface area contributed by atoms with Crippen molar-refractivity contribution in [3.63, 3.8) is 0 Å². The van der Waals surface area contributed by atoms with Gasteiger partial charge in [-0.3, -0.25) is 0 Å². The molecule has 0 spiro atoms. The van der Waals surface area contributed by atoms with E-state index < -0.39 is 0 Å². The van der Waals surface area contributed by atoms with E-state index in [1.165, 1.54) is 6.21 Å². The van der Waals surface area contributed by atoms with E-state index in [2.05, 4.69) is 21.1 Å². The summed E-state index contributed by atoms with van der Waals surface area (Å²) in [6.07, 6.45) is 2.12. The minimum Gasteiger partial charge on any atom is -0.411 e. The molecule has 0 heterocycles. The summed E-state index contributed by atoms with van der Waals surface area (Å²) < 4.78 is 1.04. The van der Waals surface area contributed by atoms with Crippen LogP contribution in [0.15, 0.2) is 33.9 Å². The van der Waals surface area contributed by atoms with Gasteiger partial charge in [0.15, 0.2) is 0 Å². The van der Waals surface area contributed by atoms with Gasteiger partial charge < -0.3 is 5.21 Å². The summed E-state index contributed by atoms with van der Waals surface area (Å²) in [6, 6.07) is 7.87. The molecule has 0 unspecified atom stereocenters. The fourth-order valence-corrected chi connectivity index (χ4v) is 1.26. The maximum atomic E-state index is 8.15. The Bertz CT molecular complexity index is 260. The molecule has 1 N–H and O–H groups in total. The molecular weight excluding hydrogens is 206 g/mol. The van der Waals surface area contributed by atoms with Gasteiger partial charge in [0.05, 0.1) is 0 Å². The van der Waals surface area contributed by atoms with Gasteiger partial charge in [-0.25, -0.2) is 0 Å². The van der Waals surface area contributed by atoms with E-state index in [1.54, 1.807) is 0 Å². The van der Waals surface area contributed by atoms with Crippen molar-refractivity contribution >= 4 is 22.1 Å². The zero-order chi connectivity index (χ0) is 8.10. The van der Waals surface area contributed by atoms with E-state index in [9.17, 15) is 0 Å². The van der Waals surface area contributed by atoms with Crippen LogP contribution in [0.25, 0.3) is 0 Å². The normalized spacial score (nSPS) is 10.6. The molecule has 1 rings (SSSR count). The second-order valence-corrected chi connectivity index (χ2v) is 3.05. The monoisotopic (exact) mass is 213 g/mol. The minimum absolute atomic E-state index is 0.663. The predicted octanol–water partition coefficient (Wildman–Crippen LogP) is 2.45. The van der Waals surface area contributed by atoms with Crippen LogP contribution in [0, 0.1) is 0 Å². The number of halogens is 1. The van der Waals surface area contributed by atoms with Crippen LogP contribution in [-0.2, 0) is 6.42 Å². The van der Waals surface area contributed by atoms with Gasteiger partial charge in [0.25, 0.3) is 0 Å². The number of benzene rings is 1. The van der Waals surface area contributed by atoms with Gasteiger partial charge in [-0.2, -0.15) is 0 Å². The first kappa shape index (κ1) is 8.27. The van der Waals surface area contributed by atoms with Gasteiger partial charge in [-0.05, 0) is 17.7 Å². The van der Waals surface area contributed by atoms with E-state index in [-0.39, 0.29) is 0 Å². The summed E-state index contributed by atoms with van der Waals surface area (Å²) in [4.78, 5) is 0. The number of oxime groups is 1. The molecule has 0 aliphatic heterocycles. The van der Waals surface area contributed by atoms with Crippen LogP contribution < -0.4 is 0 Å². The largest absolute Gasteiger partial charge is 0.411 e. The third kappa shape index (κ3) is 2.72. The van der Waals surface area contributed by atoms with Gasteiger partial charge in [0, 0.05) is 17.1 Å². The number of nitrogens with zero attached hydrogens (tertiary/aromatic N) is 1. The van der Waals surface area contributed by atoms with Gasteiger partial charge >= 0.3 is 0 Å². The summed E-state index contributed by atoms with van der Waals surface area (Å²) in [6.45, 7) is 0.